The van der Waals surface area contributed by atoms with Gasteiger partial charge in [-0.25, -0.2) is 4.98 Å². The highest BCUT2D eigenvalue weighted by Gasteiger charge is 2.14. The van der Waals surface area contributed by atoms with E-state index in [1.54, 1.807) is 11.9 Å². The third-order valence-electron chi connectivity index (χ3n) is 2.83. The summed E-state index contributed by atoms with van der Waals surface area (Å²) in [6.45, 7) is 0.488. The average molecular weight is 355 g/mol. The number of hydrogen-bond donors (Lipinski definition) is 1. The molecule has 0 atom stereocenters. The van der Waals surface area contributed by atoms with Crippen LogP contribution >= 0.6 is 27.5 Å². The van der Waals surface area contributed by atoms with E-state index in [0.717, 1.165) is 10.0 Å². The molecule has 0 saturated carbocycles. The van der Waals surface area contributed by atoms with Crippen molar-refractivity contribution in [1.82, 2.24) is 9.88 Å². The minimum atomic E-state index is -0.157. The van der Waals surface area contributed by atoms with Gasteiger partial charge in [-0.1, -0.05) is 45.7 Å². The predicted octanol–water partition coefficient (Wildman–Crippen LogP) is 3.35. The average Bonchev–Trinajstić information content (AvgIpc) is 2.43. The van der Waals surface area contributed by atoms with Crippen molar-refractivity contribution in [2.75, 3.05) is 12.8 Å². The van der Waals surface area contributed by atoms with Gasteiger partial charge in [0, 0.05) is 24.3 Å². The highest BCUT2D eigenvalue weighted by Crippen LogP contribution is 2.20. The Balaban J connectivity index is 2.16. The summed E-state index contributed by atoms with van der Waals surface area (Å²) in [5, 5.41) is 0.283. The molecule has 1 aromatic carbocycles. The maximum absolute atomic E-state index is 12.3. The number of carbonyl (C=O) groups excluding carboxylic acids is 1. The lowest BCUT2D eigenvalue weighted by Gasteiger charge is -2.18. The number of rotatable bonds is 3. The normalized spacial score (nSPS) is 10.3. The minimum absolute atomic E-state index is 0.157. The van der Waals surface area contributed by atoms with Crippen LogP contribution in [0.4, 0.5) is 5.82 Å². The van der Waals surface area contributed by atoms with Gasteiger partial charge in [0.1, 0.15) is 5.82 Å². The number of hydrogen-bond acceptors (Lipinski definition) is 3. The van der Waals surface area contributed by atoms with E-state index < -0.39 is 0 Å². The zero-order valence-corrected chi connectivity index (χ0v) is 13.1. The van der Waals surface area contributed by atoms with Gasteiger partial charge in [-0.05, 0) is 17.7 Å². The number of nitrogens with zero attached hydrogens (tertiary/aromatic N) is 2. The molecule has 0 saturated heterocycles. The van der Waals surface area contributed by atoms with Crippen molar-refractivity contribution < 1.29 is 4.79 Å². The Morgan fingerprint density at radius 2 is 2.15 bits per heavy atom. The zero-order valence-electron chi connectivity index (χ0n) is 10.8. The van der Waals surface area contributed by atoms with Crippen molar-refractivity contribution in [2.45, 2.75) is 6.54 Å². The second-order valence-corrected chi connectivity index (χ2v) is 5.61. The molecule has 1 heterocycles. The van der Waals surface area contributed by atoms with Gasteiger partial charge in [0.15, 0.2) is 0 Å². The van der Waals surface area contributed by atoms with Crippen LogP contribution < -0.4 is 5.73 Å². The molecule has 2 rings (SSSR count). The molecule has 6 heteroatoms. The summed E-state index contributed by atoms with van der Waals surface area (Å²) >= 11 is 9.35. The van der Waals surface area contributed by atoms with Gasteiger partial charge in [0.05, 0.1) is 10.6 Å². The molecule has 0 bridgehead atoms. The number of anilines is 1. The first-order valence-electron chi connectivity index (χ1n) is 5.89. The summed E-state index contributed by atoms with van der Waals surface area (Å²) in [6, 6.07) is 9.29. The molecule has 0 aliphatic carbocycles. The van der Waals surface area contributed by atoms with E-state index >= 15 is 0 Å². The lowest BCUT2D eigenvalue weighted by molar-refractivity contribution is 0.0784. The number of carbonyl (C=O) groups is 1. The van der Waals surface area contributed by atoms with E-state index in [9.17, 15) is 4.79 Å². The molecule has 20 heavy (non-hydrogen) atoms. The van der Waals surface area contributed by atoms with Gasteiger partial charge in [0.25, 0.3) is 5.91 Å². The van der Waals surface area contributed by atoms with Crippen LogP contribution in [-0.4, -0.2) is 22.8 Å². The Bertz CT molecular complexity index is 648. The predicted molar refractivity (Wildman–Crippen MR) is 83.6 cm³/mol. The second-order valence-electron chi connectivity index (χ2n) is 4.34. The van der Waals surface area contributed by atoms with Crippen LogP contribution in [0.5, 0.6) is 0 Å². The number of halogens is 2. The lowest BCUT2D eigenvalue weighted by atomic mass is 10.2. The van der Waals surface area contributed by atoms with Gasteiger partial charge in [0.2, 0.25) is 0 Å². The quantitative estimate of drug-likeness (QED) is 0.919. The molecule has 4 nitrogen and oxygen atoms in total. The Morgan fingerprint density at radius 1 is 1.45 bits per heavy atom. The smallest absolute Gasteiger partial charge is 0.255 e. The van der Waals surface area contributed by atoms with Crippen molar-refractivity contribution in [2.24, 2.45) is 0 Å². The summed E-state index contributed by atoms with van der Waals surface area (Å²) in [5.41, 5.74) is 6.98. The summed E-state index contributed by atoms with van der Waals surface area (Å²) in [6.07, 6.45) is 1.43. The zero-order chi connectivity index (χ0) is 14.7. The molecular formula is C14H13BrClN3O. The Morgan fingerprint density at radius 3 is 2.80 bits per heavy atom. The first kappa shape index (κ1) is 14.8. The Kier molecular flexibility index (Phi) is 4.62. The molecule has 0 spiro atoms. The van der Waals surface area contributed by atoms with E-state index in [0.29, 0.717) is 12.1 Å². The maximum atomic E-state index is 12.3. The molecule has 1 amide bonds. The van der Waals surface area contributed by atoms with Crippen LogP contribution in [0.2, 0.25) is 5.02 Å². The van der Waals surface area contributed by atoms with Crippen molar-refractivity contribution in [1.29, 1.82) is 0 Å². The van der Waals surface area contributed by atoms with E-state index in [2.05, 4.69) is 20.9 Å². The highest BCUT2D eigenvalue weighted by atomic mass is 79.9. The second kappa shape index (κ2) is 6.24. The Hall–Kier alpha value is -1.59. The lowest BCUT2D eigenvalue weighted by Crippen LogP contribution is -2.26. The van der Waals surface area contributed by atoms with Crippen molar-refractivity contribution in [3.05, 3.63) is 57.2 Å². The van der Waals surface area contributed by atoms with Crippen LogP contribution in [0, 0.1) is 0 Å². The van der Waals surface area contributed by atoms with Gasteiger partial charge in [-0.2, -0.15) is 0 Å². The first-order valence-corrected chi connectivity index (χ1v) is 7.06. The molecule has 0 radical (unpaired) electrons. The molecule has 0 aliphatic rings. The van der Waals surface area contributed by atoms with E-state index in [1.165, 1.54) is 12.3 Å². The molecule has 0 unspecified atom stereocenters. The summed E-state index contributed by atoms with van der Waals surface area (Å²) in [7, 11) is 1.73. The molecule has 104 valence electrons. The van der Waals surface area contributed by atoms with Crippen molar-refractivity contribution in [3.8, 4) is 0 Å². The fourth-order valence-corrected chi connectivity index (χ4v) is 2.32. The molecule has 0 aliphatic heterocycles. The third-order valence-corrected chi connectivity index (χ3v) is 3.90. The van der Waals surface area contributed by atoms with Gasteiger partial charge in [-0.3, -0.25) is 4.79 Å². The summed E-state index contributed by atoms with van der Waals surface area (Å²) < 4.78 is 0.966. The summed E-state index contributed by atoms with van der Waals surface area (Å²) in [4.78, 5) is 17.8. The maximum Gasteiger partial charge on any atom is 0.255 e. The number of aromatic nitrogens is 1. The fraction of sp³-hybridized carbons (Fsp3) is 0.143. The largest absolute Gasteiger partial charge is 0.382 e. The van der Waals surface area contributed by atoms with E-state index in [1.807, 2.05) is 24.3 Å². The Labute approximate surface area is 130 Å². The van der Waals surface area contributed by atoms with Crippen LogP contribution in [0.15, 0.2) is 41.0 Å². The highest BCUT2D eigenvalue weighted by molar-refractivity contribution is 9.10. The van der Waals surface area contributed by atoms with Crippen molar-refractivity contribution >= 4 is 39.3 Å². The molecule has 2 N–H and O–H groups in total. The minimum Gasteiger partial charge on any atom is -0.382 e. The van der Waals surface area contributed by atoms with E-state index in [-0.39, 0.29) is 16.7 Å². The fourth-order valence-electron chi connectivity index (χ4n) is 1.74. The van der Waals surface area contributed by atoms with Crippen LogP contribution in [-0.2, 0) is 6.54 Å². The standard InChI is InChI=1S/C14H13BrClN3O/c1-19(8-9-4-2-3-5-11(9)15)14(20)10-6-12(16)13(17)18-7-10/h2-7H,8H2,1H3,(H2,17,18). The van der Waals surface area contributed by atoms with Gasteiger partial charge >= 0.3 is 0 Å². The number of nitrogens with two attached hydrogens (primary N) is 1. The number of nitrogen functional groups attached to an aromatic ring is 1. The number of benzene rings is 1. The number of amides is 1. The van der Waals surface area contributed by atoms with Crippen molar-refractivity contribution in [3.63, 3.8) is 0 Å². The summed E-state index contributed by atoms with van der Waals surface area (Å²) in [5.74, 6) is 0.0619. The monoisotopic (exact) mass is 353 g/mol. The molecular weight excluding hydrogens is 342 g/mol. The first-order chi connectivity index (χ1) is 9.49. The molecule has 0 fully saturated rings. The van der Waals surface area contributed by atoms with Crippen LogP contribution in [0.25, 0.3) is 0 Å². The SMILES string of the molecule is CN(Cc1ccccc1Br)C(=O)c1cnc(N)c(Cl)c1. The van der Waals surface area contributed by atoms with Gasteiger partial charge in [-0.15, -0.1) is 0 Å². The van der Waals surface area contributed by atoms with Gasteiger partial charge < -0.3 is 10.6 Å². The molecule has 2 aromatic rings. The van der Waals surface area contributed by atoms with E-state index in [4.69, 9.17) is 17.3 Å². The topological polar surface area (TPSA) is 59.2 Å². The van der Waals surface area contributed by atoms with Crippen LogP contribution in [0.3, 0.4) is 0 Å². The van der Waals surface area contributed by atoms with Crippen LogP contribution in [0.1, 0.15) is 15.9 Å². The number of pyridine rings is 1. The molecule has 1 aromatic heterocycles. The third kappa shape index (κ3) is 3.29.